The van der Waals surface area contributed by atoms with Crippen LogP contribution >= 0.6 is 0 Å². The molecule has 0 aromatic rings. The number of rotatable bonds is 11. The molecule has 0 saturated heterocycles. The van der Waals surface area contributed by atoms with Crippen LogP contribution in [0.2, 0.25) is 0 Å². The van der Waals surface area contributed by atoms with Gasteiger partial charge in [-0.05, 0) is 25.8 Å². The summed E-state index contributed by atoms with van der Waals surface area (Å²) in [6.45, 7) is 3.30. The quantitative estimate of drug-likeness (QED) is 0.543. The Labute approximate surface area is 104 Å². The minimum absolute atomic E-state index is 0.187. The summed E-state index contributed by atoms with van der Waals surface area (Å²) in [7, 11) is 3.31. The first kappa shape index (κ1) is 16.4. The minimum Gasteiger partial charge on any atom is -0.385 e. The first-order valence-electron chi connectivity index (χ1n) is 6.22. The van der Waals surface area contributed by atoms with E-state index in [0.717, 1.165) is 25.8 Å². The lowest BCUT2D eigenvalue weighted by Gasteiger charge is -2.22. The largest absolute Gasteiger partial charge is 0.385 e. The van der Waals surface area contributed by atoms with E-state index in [0.29, 0.717) is 32.7 Å². The molecular weight excluding hydrogens is 220 g/mol. The molecule has 0 unspecified atom stereocenters. The van der Waals surface area contributed by atoms with Crippen molar-refractivity contribution < 1.29 is 14.3 Å². The van der Waals surface area contributed by atoms with Crippen LogP contribution in [0.5, 0.6) is 0 Å². The number of methoxy groups -OCH3 is 2. The van der Waals surface area contributed by atoms with Gasteiger partial charge in [0.15, 0.2) is 0 Å². The first-order valence-corrected chi connectivity index (χ1v) is 6.22. The third kappa shape index (κ3) is 9.09. The molecule has 0 fully saturated rings. The maximum Gasteiger partial charge on any atom is 0.222 e. The van der Waals surface area contributed by atoms with Crippen LogP contribution < -0.4 is 5.73 Å². The number of ether oxygens (including phenoxy) is 2. The number of carbonyl (C=O) groups is 1. The molecule has 0 aliphatic heterocycles. The van der Waals surface area contributed by atoms with Crippen LogP contribution in [0.4, 0.5) is 0 Å². The fourth-order valence-corrected chi connectivity index (χ4v) is 1.54. The highest BCUT2D eigenvalue weighted by Crippen LogP contribution is 2.02. The fraction of sp³-hybridized carbons (Fsp3) is 0.917. The van der Waals surface area contributed by atoms with E-state index in [4.69, 9.17) is 15.2 Å². The highest BCUT2D eigenvalue weighted by molar-refractivity contribution is 5.76. The molecule has 102 valence electrons. The predicted octanol–water partition coefficient (Wildman–Crippen LogP) is 0.627. The maximum atomic E-state index is 11.9. The van der Waals surface area contributed by atoms with E-state index in [2.05, 4.69) is 0 Å². The molecule has 0 heterocycles. The van der Waals surface area contributed by atoms with Gasteiger partial charge >= 0.3 is 0 Å². The monoisotopic (exact) mass is 246 g/mol. The van der Waals surface area contributed by atoms with E-state index in [1.807, 2.05) is 4.90 Å². The Balaban J connectivity index is 3.91. The van der Waals surface area contributed by atoms with Gasteiger partial charge in [-0.25, -0.2) is 0 Å². The maximum absolute atomic E-state index is 11.9. The second-order valence-electron chi connectivity index (χ2n) is 3.97. The van der Waals surface area contributed by atoms with Crippen molar-refractivity contribution >= 4 is 5.91 Å². The van der Waals surface area contributed by atoms with Crippen molar-refractivity contribution in [1.82, 2.24) is 4.90 Å². The fourth-order valence-electron chi connectivity index (χ4n) is 1.54. The van der Waals surface area contributed by atoms with Gasteiger partial charge in [0.1, 0.15) is 0 Å². The molecule has 5 nitrogen and oxygen atoms in total. The zero-order valence-electron chi connectivity index (χ0n) is 11.1. The number of amides is 1. The van der Waals surface area contributed by atoms with Crippen molar-refractivity contribution in [2.75, 3.05) is 47.1 Å². The average molecular weight is 246 g/mol. The van der Waals surface area contributed by atoms with Crippen LogP contribution in [0.3, 0.4) is 0 Å². The Morgan fingerprint density at radius 2 is 1.76 bits per heavy atom. The van der Waals surface area contributed by atoms with E-state index < -0.39 is 0 Å². The second kappa shape index (κ2) is 11.8. The lowest BCUT2D eigenvalue weighted by Crippen LogP contribution is -2.35. The van der Waals surface area contributed by atoms with Gasteiger partial charge in [0.2, 0.25) is 5.91 Å². The van der Waals surface area contributed by atoms with Crippen molar-refractivity contribution in [2.45, 2.75) is 25.7 Å². The Kier molecular flexibility index (Phi) is 11.4. The van der Waals surface area contributed by atoms with Gasteiger partial charge in [0, 0.05) is 40.3 Å². The Hall–Kier alpha value is -0.650. The smallest absolute Gasteiger partial charge is 0.222 e. The summed E-state index contributed by atoms with van der Waals surface area (Å²) in [6, 6.07) is 0. The van der Waals surface area contributed by atoms with E-state index in [9.17, 15) is 4.79 Å². The molecule has 17 heavy (non-hydrogen) atoms. The van der Waals surface area contributed by atoms with E-state index in [1.165, 1.54) is 0 Å². The summed E-state index contributed by atoms with van der Waals surface area (Å²) in [4.78, 5) is 13.8. The third-order valence-electron chi connectivity index (χ3n) is 2.54. The Morgan fingerprint density at radius 1 is 1.06 bits per heavy atom. The number of unbranched alkanes of at least 4 members (excludes halogenated alkanes) is 1. The standard InChI is InChI=1S/C12H26N2O3/c1-16-10-5-8-14(9-11-17-2)12(15)6-3-4-7-13/h3-11,13H2,1-2H3. The molecule has 0 atom stereocenters. The summed E-state index contributed by atoms with van der Waals surface area (Å²) in [5.41, 5.74) is 5.41. The van der Waals surface area contributed by atoms with E-state index in [-0.39, 0.29) is 5.91 Å². The zero-order valence-corrected chi connectivity index (χ0v) is 11.1. The molecule has 0 radical (unpaired) electrons. The summed E-state index contributed by atoms with van der Waals surface area (Å²) in [5, 5.41) is 0. The van der Waals surface area contributed by atoms with Crippen LogP contribution in [0.15, 0.2) is 0 Å². The van der Waals surface area contributed by atoms with Crippen molar-refractivity contribution in [3.8, 4) is 0 Å². The Morgan fingerprint density at radius 3 is 2.35 bits per heavy atom. The molecule has 0 saturated carbocycles. The van der Waals surface area contributed by atoms with Crippen LogP contribution in [-0.4, -0.2) is 57.9 Å². The van der Waals surface area contributed by atoms with Gasteiger partial charge in [-0.15, -0.1) is 0 Å². The zero-order chi connectivity index (χ0) is 12.9. The van der Waals surface area contributed by atoms with Gasteiger partial charge < -0.3 is 20.1 Å². The van der Waals surface area contributed by atoms with E-state index >= 15 is 0 Å². The van der Waals surface area contributed by atoms with Gasteiger partial charge in [-0.3, -0.25) is 4.79 Å². The molecule has 2 N–H and O–H groups in total. The molecule has 0 aromatic heterocycles. The van der Waals surface area contributed by atoms with Gasteiger partial charge in [-0.1, -0.05) is 0 Å². The number of nitrogens with zero attached hydrogens (tertiary/aromatic N) is 1. The molecule has 0 aromatic carbocycles. The molecule has 0 rings (SSSR count). The van der Waals surface area contributed by atoms with Crippen LogP contribution in [-0.2, 0) is 14.3 Å². The highest BCUT2D eigenvalue weighted by atomic mass is 16.5. The van der Waals surface area contributed by atoms with Gasteiger partial charge in [0.25, 0.3) is 0 Å². The van der Waals surface area contributed by atoms with Crippen LogP contribution in [0, 0.1) is 0 Å². The number of nitrogens with two attached hydrogens (primary N) is 1. The molecule has 5 heteroatoms. The van der Waals surface area contributed by atoms with Crippen LogP contribution in [0.25, 0.3) is 0 Å². The topological polar surface area (TPSA) is 64.8 Å². The number of carbonyl (C=O) groups excluding carboxylic acids is 1. The first-order chi connectivity index (χ1) is 8.26. The SMILES string of the molecule is COCCCN(CCOC)C(=O)CCCCN. The van der Waals surface area contributed by atoms with Crippen molar-refractivity contribution in [3.05, 3.63) is 0 Å². The van der Waals surface area contributed by atoms with Crippen molar-refractivity contribution in [2.24, 2.45) is 5.73 Å². The van der Waals surface area contributed by atoms with Crippen LogP contribution in [0.1, 0.15) is 25.7 Å². The summed E-state index contributed by atoms with van der Waals surface area (Å²) >= 11 is 0. The lowest BCUT2D eigenvalue weighted by molar-refractivity contribution is -0.132. The Bertz CT molecular complexity index is 189. The van der Waals surface area contributed by atoms with Gasteiger partial charge in [-0.2, -0.15) is 0 Å². The molecular formula is C12H26N2O3. The van der Waals surface area contributed by atoms with Crippen molar-refractivity contribution in [3.63, 3.8) is 0 Å². The number of hydrogen-bond donors (Lipinski definition) is 1. The molecule has 0 bridgehead atoms. The highest BCUT2D eigenvalue weighted by Gasteiger charge is 2.12. The predicted molar refractivity (Wildman–Crippen MR) is 67.9 cm³/mol. The molecule has 0 aliphatic rings. The van der Waals surface area contributed by atoms with Gasteiger partial charge in [0.05, 0.1) is 6.61 Å². The molecule has 0 aliphatic carbocycles. The third-order valence-corrected chi connectivity index (χ3v) is 2.54. The number of hydrogen-bond acceptors (Lipinski definition) is 4. The molecule has 0 spiro atoms. The van der Waals surface area contributed by atoms with E-state index in [1.54, 1.807) is 14.2 Å². The summed E-state index contributed by atoms with van der Waals surface area (Å²) in [6.07, 6.45) is 3.21. The summed E-state index contributed by atoms with van der Waals surface area (Å²) in [5.74, 6) is 0.187. The average Bonchev–Trinajstić information content (AvgIpc) is 2.33. The lowest BCUT2D eigenvalue weighted by atomic mass is 10.2. The van der Waals surface area contributed by atoms with Crippen molar-refractivity contribution in [1.29, 1.82) is 0 Å². The minimum atomic E-state index is 0.187. The summed E-state index contributed by atoms with van der Waals surface area (Å²) < 4.78 is 10.00. The molecule has 1 amide bonds. The normalized spacial score (nSPS) is 10.5. The second-order valence-corrected chi connectivity index (χ2v) is 3.97.